The number of nitrogens with two attached hydrogens (primary N) is 1. The Bertz CT molecular complexity index is 251. The molecule has 1 aromatic rings. The van der Waals surface area contributed by atoms with E-state index < -0.39 is 0 Å². The van der Waals surface area contributed by atoms with Gasteiger partial charge in [0.05, 0.1) is 5.69 Å². The van der Waals surface area contributed by atoms with Crippen molar-refractivity contribution in [1.29, 1.82) is 0 Å². The first-order valence-electron chi connectivity index (χ1n) is 4.75. The standard InChI is InChI=1S/C10H18N2S/c1-6(2)9-10(7(3)4)13-8(5-11)12-9/h6-7H,5,11H2,1-4H3. The molecule has 2 N–H and O–H groups in total. The molecule has 1 aromatic heterocycles. The third-order valence-electron chi connectivity index (χ3n) is 1.97. The highest BCUT2D eigenvalue weighted by Gasteiger charge is 2.15. The summed E-state index contributed by atoms with van der Waals surface area (Å²) in [6, 6.07) is 0. The predicted octanol–water partition coefficient (Wildman–Crippen LogP) is 2.85. The molecule has 0 fully saturated rings. The second kappa shape index (κ2) is 4.20. The van der Waals surface area contributed by atoms with Crippen molar-refractivity contribution in [3.63, 3.8) is 0 Å². The highest BCUT2D eigenvalue weighted by Crippen LogP contribution is 2.30. The summed E-state index contributed by atoms with van der Waals surface area (Å²) in [5, 5.41) is 1.06. The van der Waals surface area contributed by atoms with E-state index in [0.29, 0.717) is 18.4 Å². The molecule has 0 radical (unpaired) electrons. The summed E-state index contributed by atoms with van der Waals surface area (Å²) in [5.41, 5.74) is 6.82. The van der Waals surface area contributed by atoms with Gasteiger partial charge < -0.3 is 5.73 Å². The van der Waals surface area contributed by atoms with Crippen molar-refractivity contribution in [3.8, 4) is 0 Å². The van der Waals surface area contributed by atoms with Gasteiger partial charge in [-0.25, -0.2) is 4.98 Å². The highest BCUT2D eigenvalue weighted by molar-refractivity contribution is 7.11. The monoisotopic (exact) mass is 198 g/mol. The number of rotatable bonds is 3. The van der Waals surface area contributed by atoms with Crippen LogP contribution in [-0.2, 0) is 6.54 Å². The molecule has 74 valence electrons. The van der Waals surface area contributed by atoms with E-state index in [1.54, 1.807) is 11.3 Å². The first-order chi connectivity index (χ1) is 6.06. The molecule has 13 heavy (non-hydrogen) atoms. The molecule has 0 unspecified atom stereocenters. The van der Waals surface area contributed by atoms with Gasteiger partial charge in [-0.3, -0.25) is 0 Å². The molecule has 0 aliphatic carbocycles. The van der Waals surface area contributed by atoms with Gasteiger partial charge in [0, 0.05) is 11.4 Å². The Balaban J connectivity index is 3.08. The van der Waals surface area contributed by atoms with Crippen molar-refractivity contribution in [1.82, 2.24) is 4.98 Å². The van der Waals surface area contributed by atoms with E-state index >= 15 is 0 Å². The van der Waals surface area contributed by atoms with Crippen LogP contribution in [0.3, 0.4) is 0 Å². The van der Waals surface area contributed by atoms with Crippen molar-refractivity contribution in [2.75, 3.05) is 0 Å². The van der Waals surface area contributed by atoms with Crippen molar-refractivity contribution >= 4 is 11.3 Å². The van der Waals surface area contributed by atoms with Crippen LogP contribution >= 0.6 is 11.3 Å². The molecular formula is C10H18N2S. The van der Waals surface area contributed by atoms with E-state index in [0.717, 1.165) is 5.01 Å². The van der Waals surface area contributed by atoms with Crippen LogP contribution in [0.1, 0.15) is 55.1 Å². The molecule has 3 heteroatoms. The highest BCUT2D eigenvalue weighted by atomic mass is 32.1. The molecule has 0 spiro atoms. The quantitative estimate of drug-likeness (QED) is 0.811. The Morgan fingerprint density at radius 2 is 1.85 bits per heavy atom. The maximum atomic E-state index is 5.58. The van der Waals surface area contributed by atoms with E-state index in [1.807, 2.05) is 0 Å². The van der Waals surface area contributed by atoms with Crippen molar-refractivity contribution in [2.24, 2.45) is 5.73 Å². The summed E-state index contributed by atoms with van der Waals surface area (Å²) in [6.07, 6.45) is 0. The van der Waals surface area contributed by atoms with Crippen molar-refractivity contribution < 1.29 is 0 Å². The molecule has 0 aromatic carbocycles. The number of aromatic nitrogens is 1. The third-order valence-corrected chi connectivity index (χ3v) is 3.37. The van der Waals surface area contributed by atoms with Crippen LogP contribution in [-0.4, -0.2) is 4.98 Å². The zero-order chi connectivity index (χ0) is 10.0. The zero-order valence-electron chi connectivity index (χ0n) is 8.79. The SMILES string of the molecule is CC(C)c1nc(CN)sc1C(C)C. The van der Waals surface area contributed by atoms with Crippen LogP contribution in [0.4, 0.5) is 0 Å². The average molecular weight is 198 g/mol. The maximum absolute atomic E-state index is 5.58. The lowest BCUT2D eigenvalue weighted by molar-refractivity contribution is 0.775. The second-order valence-corrected chi connectivity index (χ2v) is 4.99. The van der Waals surface area contributed by atoms with E-state index in [1.165, 1.54) is 10.6 Å². The molecule has 0 saturated heterocycles. The van der Waals surface area contributed by atoms with Crippen molar-refractivity contribution in [3.05, 3.63) is 15.6 Å². The van der Waals surface area contributed by atoms with Gasteiger partial charge in [-0.15, -0.1) is 11.3 Å². The average Bonchev–Trinajstić information content (AvgIpc) is 2.47. The van der Waals surface area contributed by atoms with E-state index in [4.69, 9.17) is 5.73 Å². The molecule has 1 heterocycles. The number of thiazole rings is 1. The molecule has 0 saturated carbocycles. The predicted molar refractivity (Wildman–Crippen MR) is 58.2 cm³/mol. The number of hydrogen-bond donors (Lipinski definition) is 1. The lowest BCUT2D eigenvalue weighted by Crippen LogP contribution is -1.97. The second-order valence-electron chi connectivity index (χ2n) is 3.87. The fourth-order valence-corrected chi connectivity index (χ4v) is 2.41. The smallest absolute Gasteiger partial charge is 0.107 e. The maximum Gasteiger partial charge on any atom is 0.107 e. The topological polar surface area (TPSA) is 38.9 Å². The van der Waals surface area contributed by atoms with Gasteiger partial charge in [0.1, 0.15) is 5.01 Å². The molecule has 0 aliphatic rings. The van der Waals surface area contributed by atoms with Gasteiger partial charge >= 0.3 is 0 Å². The Hall–Kier alpha value is -0.410. The van der Waals surface area contributed by atoms with E-state index in [9.17, 15) is 0 Å². The number of nitrogens with zero attached hydrogens (tertiary/aromatic N) is 1. The van der Waals surface area contributed by atoms with E-state index in [-0.39, 0.29) is 0 Å². The molecular weight excluding hydrogens is 180 g/mol. The molecule has 0 atom stereocenters. The third kappa shape index (κ3) is 2.29. The summed E-state index contributed by atoms with van der Waals surface area (Å²) in [7, 11) is 0. The van der Waals surface area contributed by atoms with Crippen LogP contribution in [0, 0.1) is 0 Å². The molecule has 0 bridgehead atoms. The summed E-state index contributed by atoms with van der Waals surface area (Å²) < 4.78 is 0. The fourth-order valence-electron chi connectivity index (χ4n) is 1.31. The summed E-state index contributed by atoms with van der Waals surface area (Å²) in [6.45, 7) is 9.35. The lowest BCUT2D eigenvalue weighted by Gasteiger charge is -2.07. The van der Waals surface area contributed by atoms with Crippen molar-refractivity contribution in [2.45, 2.75) is 46.1 Å². The van der Waals surface area contributed by atoms with E-state index in [2.05, 4.69) is 32.7 Å². The van der Waals surface area contributed by atoms with Crippen LogP contribution in [0.5, 0.6) is 0 Å². The number of hydrogen-bond acceptors (Lipinski definition) is 3. The lowest BCUT2D eigenvalue weighted by atomic mass is 10.0. The Morgan fingerprint density at radius 3 is 2.15 bits per heavy atom. The van der Waals surface area contributed by atoms with Crippen LogP contribution in [0.15, 0.2) is 0 Å². The minimum Gasteiger partial charge on any atom is -0.325 e. The van der Waals surface area contributed by atoms with Gasteiger partial charge in [-0.05, 0) is 11.8 Å². The summed E-state index contributed by atoms with van der Waals surface area (Å²) >= 11 is 1.76. The van der Waals surface area contributed by atoms with Gasteiger partial charge in [-0.2, -0.15) is 0 Å². The molecule has 0 amide bonds. The Kier molecular flexibility index (Phi) is 3.45. The largest absolute Gasteiger partial charge is 0.325 e. The van der Waals surface area contributed by atoms with Crippen LogP contribution in [0.2, 0.25) is 0 Å². The van der Waals surface area contributed by atoms with Gasteiger partial charge in [0.2, 0.25) is 0 Å². The Morgan fingerprint density at radius 1 is 1.23 bits per heavy atom. The minimum absolute atomic E-state index is 0.508. The van der Waals surface area contributed by atoms with Gasteiger partial charge in [0.25, 0.3) is 0 Å². The summed E-state index contributed by atoms with van der Waals surface area (Å²) in [5.74, 6) is 1.07. The van der Waals surface area contributed by atoms with Crippen LogP contribution < -0.4 is 5.73 Å². The van der Waals surface area contributed by atoms with Crippen LogP contribution in [0.25, 0.3) is 0 Å². The molecule has 1 rings (SSSR count). The normalized spacial score (nSPS) is 11.6. The van der Waals surface area contributed by atoms with Gasteiger partial charge in [0.15, 0.2) is 0 Å². The molecule has 2 nitrogen and oxygen atoms in total. The first kappa shape index (κ1) is 10.7. The fraction of sp³-hybridized carbons (Fsp3) is 0.700. The Labute approximate surface area is 84.2 Å². The summed E-state index contributed by atoms with van der Waals surface area (Å²) in [4.78, 5) is 5.94. The van der Waals surface area contributed by atoms with Gasteiger partial charge in [-0.1, -0.05) is 27.7 Å². The zero-order valence-corrected chi connectivity index (χ0v) is 9.61. The minimum atomic E-state index is 0.508. The molecule has 0 aliphatic heterocycles. The first-order valence-corrected chi connectivity index (χ1v) is 5.57.